The number of carbonyl (C=O) groups excluding carboxylic acids is 1. The fourth-order valence-corrected chi connectivity index (χ4v) is 3.54. The molecule has 4 rings (SSSR count). The third-order valence-electron chi connectivity index (χ3n) is 4.06. The molecule has 4 aromatic rings. The monoisotopic (exact) mass is 408 g/mol. The molecule has 0 saturated carbocycles. The molecule has 2 aromatic carbocycles. The number of anilines is 1. The highest BCUT2D eigenvalue weighted by molar-refractivity contribution is 7.15. The van der Waals surface area contributed by atoms with E-state index in [0.29, 0.717) is 32.2 Å². The molecule has 1 amide bonds. The molecule has 0 radical (unpaired) electrons. The van der Waals surface area contributed by atoms with E-state index >= 15 is 0 Å². The first-order valence-corrected chi connectivity index (χ1v) is 9.46. The highest BCUT2D eigenvalue weighted by atomic mass is 32.1. The number of para-hydroxylation sites is 1. The summed E-state index contributed by atoms with van der Waals surface area (Å²) in [7, 11) is 1.58. The number of rotatable bonds is 6. The van der Waals surface area contributed by atoms with Crippen LogP contribution in [0, 0.1) is 0 Å². The molecule has 0 aliphatic carbocycles. The minimum absolute atomic E-state index is 0.170. The third-order valence-corrected chi connectivity index (χ3v) is 5.03. The normalized spacial score (nSPS) is 11.6. The molecule has 146 valence electrons. The first-order chi connectivity index (χ1) is 14.1. The van der Waals surface area contributed by atoms with Gasteiger partial charge in [0, 0.05) is 11.3 Å². The summed E-state index contributed by atoms with van der Waals surface area (Å²) in [5.41, 5.74) is 1.09. The van der Waals surface area contributed by atoms with Crippen molar-refractivity contribution in [2.45, 2.75) is 0 Å². The van der Waals surface area contributed by atoms with Crippen molar-refractivity contribution in [2.24, 2.45) is 0 Å². The van der Waals surface area contributed by atoms with E-state index in [1.165, 1.54) is 22.2 Å². The summed E-state index contributed by atoms with van der Waals surface area (Å²) in [5, 5.41) is 6.66. The van der Waals surface area contributed by atoms with Crippen LogP contribution in [0.3, 0.4) is 0 Å². The van der Waals surface area contributed by atoms with Gasteiger partial charge in [-0.25, -0.2) is 4.98 Å². The van der Waals surface area contributed by atoms with E-state index in [1.54, 1.807) is 49.6 Å². The Hall–Kier alpha value is -3.72. The second-order valence-electron chi connectivity index (χ2n) is 5.97. The molecule has 0 saturated heterocycles. The summed E-state index contributed by atoms with van der Waals surface area (Å²) in [6, 6.07) is 14.2. The van der Waals surface area contributed by atoms with Crippen LogP contribution in [0.4, 0.5) is 5.69 Å². The second kappa shape index (κ2) is 8.11. The summed E-state index contributed by atoms with van der Waals surface area (Å²) in [6.07, 6.45) is 3.05. The van der Waals surface area contributed by atoms with Crippen LogP contribution in [0.5, 0.6) is 11.5 Å². The van der Waals surface area contributed by atoms with Crippen LogP contribution in [-0.2, 0) is 4.79 Å². The largest absolute Gasteiger partial charge is 0.497 e. The highest BCUT2D eigenvalue weighted by Gasteiger charge is 2.09. The van der Waals surface area contributed by atoms with Crippen LogP contribution in [-0.4, -0.2) is 34.2 Å². The first-order valence-electron chi connectivity index (χ1n) is 8.64. The number of fused-ring (bicyclic) bond motifs is 1. The number of hydrogen-bond acceptors (Lipinski definition) is 7. The minimum Gasteiger partial charge on any atom is -0.497 e. The summed E-state index contributed by atoms with van der Waals surface area (Å²) in [6.45, 7) is -0.170. The van der Waals surface area contributed by atoms with Gasteiger partial charge in [0.1, 0.15) is 17.8 Å². The summed E-state index contributed by atoms with van der Waals surface area (Å²) in [5.74, 6) is 0.904. The molecule has 0 aliphatic rings. The predicted molar refractivity (Wildman–Crippen MR) is 109 cm³/mol. The zero-order chi connectivity index (χ0) is 20.2. The van der Waals surface area contributed by atoms with Crippen molar-refractivity contribution < 1.29 is 14.3 Å². The second-order valence-corrected chi connectivity index (χ2v) is 6.98. The third kappa shape index (κ3) is 4.09. The van der Waals surface area contributed by atoms with E-state index in [9.17, 15) is 9.59 Å². The number of thiazole rings is 1. The molecule has 9 heteroatoms. The van der Waals surface area contributed by atoms with Crippen molar-refractivity contribution in [3.63, 3.8) is 0 Å². The molecule has 0 unspecified atom stereocenters. The molecule has 8 nitrogen and oxygen atoms in total. The Morgan fingerprint density at radius 3 is 2.76 bits per heavy atom. The van der Waals surface area contributed by atoms with Crippen LogP contribution in [0.1, 0.15) is 5.56 Å². The Bertz CT molecular complexity index is 1260. The van der Waals surface area contributed by atoms with Gasteiger partial charge in [0.05, 0.1) is 11.6 Å². The molecule has 1 N–H and O–H groups in total. The number of benzene rings is 2. The fraction of sp³-hybridized carbons (Fsp3) is 0.100. The fourth-order valence-electron chi connectivity index (χ4n) is 2.66. The van der Waals surface area contributed by atoms with Gasteiger partial charge in [-0.2, -0.15) is 9.61 Å². The van der Waals surface area contributed by atoms with Crippen LogP contribution >= 0.6 is 11.3 Å². The van der Waals surface area contributed by atoms with E-state index in [0.717, 1.165) is 0 Å². The molecule has 0 bridgehead atoms. The van der Waals surface area contributed by atoms with Gasteiger partial charge in [-0.3, -0.25) is 9.59 Å². The summed E-state index contributed by atoms with van der Waals surface area (Å²) < 4.78 is 12.5. The predicted octanol–water partition coefficient (Wildman–Crippen LogP) is 1.72. The van der Waals surface area contributed by atoms with Gasteiger partial charge in [-0.15, -0.1) is 0 Å². The smallest absolute Gasteiger partial charge is 0.291 e. The molecular formula is C20H16N4O4S. The van der Waals surface area contributed by atoms with Crippen molar-refractivity contribution >= 4 is 34.0 Å². The average Bonchev–Trinajstić information content (AvgIpc) is 3.31. The van der Waals surface area contributed by atoms with Crippen LogP contribution in [0.2, 0.25) is 0 Å². The molecule has 0 spiro atoms. The van der Waals surface area contributed by atoms with E-state index < -0.39 is 0 Å². The van der Waals surface area contributed by atoms with Gasteiger partial charge >= 0.3 is 0 Å². The molecule has 0 atom stereocenters. The zero-order valence-corrected chi connectivity index (χ0v) is 16.2. The number of nitrogens with zero attached hydrogens (tertiary/aromatic N) is 3. The summed E-state index contributed by atoms with van der Waals surface area (Å²) >= 11 is 1.24. The van der Waals surface area contributed by atoms with Crippen LogP contribution in [0.25, 0.3) is 11.0 Å². The molecule has 0 aliphatic heterocycles. The van der Waals surface area contributed by atoms with Crippen molar-refractivity contribution in [3.05, 3.63) is 75.3 Å². The Labute approximate surface area is 169 Å². The van der Waals surface area contributed by atoms with Gasteiger partial charge in [-0.1, -0.05) is 29.5 Å². The molecule has 2 aromatic heterocycles. The first kappa shape index (κ1) is 18.6. The topological polar surface area (TPSA) is 94.8 Å². The average molecular weight is 408 g/mol. The maximum Gasteiger partial charge on any atom is 0.291 e. The maximum atomic E-state index is 12.3. The van der Waals surface area contributed by atoms with Crippen molar-refractivity contribution in [1.29, 1.82) is 0 Å². The van der Waals surface area contributed by atoms with Crippen LogP contribution in [0.15, 0.2) is 59.7 Å². The quantitative estimate of drug-likeness (QED) is 0.522. The van der Waals surface area contributed by atoms with Gasteiger partial charge in [0.2, 0.25) is 4.96 Å². The molecule has 0 fully saturated rings. The number of hydrogen-bond donors (Lipinski definition) is 1. The Kier molecular flexibility index (Phi) is 5.21. The lowest BCUT2D eigenvalue weighted by Crippen LogP contribution is -2.23. The van der Waals surface area contributed by atoms with Crippen LogP contribution < -0.4 is 24.9 Å². The van der Waals surface area contributed by atoms with Gasteiger partial charge in [-0.05, 0) is 36.4 Å². The summed E-state index contributed by atoms with van der Waals surface area (Å²) in [4.78, 5) is 29.1. The number of methoxy groups -OCH3 is 1. The number of ether oxygens (including phenoxy) is 2. The van der Waals surface area contributed by atoms with Crippen molar-refractivity contribution in [1.82, 2.24) is 14.6 Å². The lowest BCUT2D eigenvalue weighted by Gasteiger charge is -2.10. The Morgan fingerprint density at radius 1 is 1.21 bits per heavy atom. The van der Waals surface area contributed by atoms with E-state index in [-0.39, 0.29) is 18.1 Å². The standard InChI is InChI=1S/C20H16N4O4S/c1-27-15-8-6-14(7-9-15)23-18(25)11-28-16-5-3-2-4-13(16)10-17-19(26)24-20(29-17)21-12-22-24/h2-10,12H,11H2,1H3,(H,23,25)/b17-10-. The van der Waals surface area contributed by atoms with Crippen molar-refractivity contribution in [2.75, 3.05) is 19.0 Å². The zero-order valence-electron chi connectivity index (χ0n) is 15.4. The van der Waals surface area contributed by atoms with Gasteiger partial charge < -0.3 is 14.8 Å². The van der Waals surface area contributed by atoms with Crippen molar-refractivity contribution in [3.8, 4) is 11.5 Å². The number of aromatic nitrogens is 3. The van der Waals surface area contributed by atoms with E-state index in [2.05, 4.69) is 15.4 Å². The Balaban J connectivity index is 1.49. The lowest BCUT2D eigenvalue weighted by molar-refractivity contribution is -0.118. The van der Waals surface area contributed by atoms with E-state index in [1.807, 2.05) is 12.1 Å². The lowest BCUT2D eigenvalue weighted by atomic mass is 10.2. The molecular weight excluding hydrogens is 392 g/mol. The number of amides is 1. The number of nitrogens with one attached hydrogen (secondary N) is 1. The Morgan fingerprint density at radius 2 is 2.00 bits per heavy atom. The van der Waals surface area contributed by atoms with E-state index in [4.69, 9.17) is 9.47 Å². The number of carbonyl (C=O) groups is 1. The highest BCUT2D eigenvalue weighted by Crippen LogP contribution is 2.19. The van der Waals surface area contributed by atoms with Gasteiger partial charge in [0.15, 0.2) is 6.61 Å². The minimum atomic E-state index is -0.298. The van der Waals surface area contributed by atoms with Gasteiger partial charge in [0.25, 0.3) is 11.5 Å². The maximum absolute atomic E-state index is 12.3. The molecule has 29 heavy (non-hydrogen) atoms. The molecule has 2 heterocycles. The SMILES string of the molecule is COc1ccc(NC(=O)COc2ccccc2/C=c2\sc3ncnn3c2=O)cc1.